The Labute approximate surface area is 154 Å². The van der Waals surface area contributed by atoms with E-state index in [1.54, 1.807) is 6.33 Å². The number of imidazole rings is 1. The van der Waals surface area contributed by atoms with Gasteiger partial charge < -0.3 is 20.2 Å². The normalized spacial score (nSPS) is 12.4. The molecular weight excluding hydrogens is 349 g/mol. The fraction of sp³-hybridized carbons (Fsp3) is 0.235. The van der Waals surface area contributed by atoms with Gasteiger partial charge in [-0.1, -0.05) is 0 Å². The molecule has 138 valence electrons. The molecule has 0 aliphatic heterocycles. The van der Waals surface area contributed by atoms with Gasteiger partial charge in [-0.2, -0.15) is 9.97 Å². The Morgan fingerprint density at radius 1 is 1.19 bits per heavy atom. The topological polar surface area (TPSA) is 112 Å². The third-order valence-electron chi connectivity index (χ3n) is 4.26. The van der Waals surface area contributed by atoms with Crippen molar-refractivity contribution in [3.05, 3.63) is 48.3 Å². The van der Waals surface area contributed by atoms with Crippen molar-refractivity contribution < 1.29 is 4.39 Å². The first-order chi connectivity index (χ1) is 12.9. The lowest BCUT2D eigenvalue weighted by Gasteiger charge is -2.16. The van der Waals surface area contributed by atoms with Gasteiger partial charge in [-0.25, -0.2) is 19.3 Å². The van der Waals surface area contributed by atoms with Crippen LogP contribution >= 0.6 is 0 Å². The molecule has 0 aromatic carbocycles. The number of nitrogens with one attached hydrogen (secondary N) is 1. The van der Waals surface area contributed by atoms with Gasteiger partial charge in [-0.05, 0) is 19.9 Å². The predicted molar refractivity (Wildman–Crippen MR) is 99.0 cm³/mol. The second-order valence-electron chi connectivity index (χ2n) is 6.31. The summed E-state index contributed by atoms with van der Waals surface area (Å²) in [4.78, 5) is 21.1. The van der Waals surface area contributed by atoms with Crippen LogP contribution in [-0.2, 0) is 7.05 Å². The van der Waals surface area contributed by atoms with Crippen LogP contribution in [-0.4, -0.2) is 34.1 Å². The van der Waals surface area contributed by atoms with Crippen molar-refractivity contribution in [1.82, 2.24) is 34.1 Å². The maximum Gasteiger partial charge on any atom is 0.224 e. The van der Waals surface area contributed by atoms with Crippen molar-refractivity contribution in [2.24, 2.45) is 7.05 Å². The summed E-state index contributed by atoms with van der Waals surface area (Å²) in [5, 5.41) is 3.97. The molecule has 0 bridgehead atoms. The zero-order valence-electron chi connectivity index (χ0n) is 15.0. The number of rotatable bonds is 4. The first-order valence-electron chi connectivity index (χ1n) is 8.30. The van der Waals surface area contributed by atoms with Gasteiger partial charge in [0.15, 0.2) is 11.6 Å². The van der Waals surface area contributed by atoms with Crippen LogP contribution in [0.25, 0.3) is 11.0 Å². The first-order valence-corrected chi connectivity index (χ1v) is 8.30. The average molecular weight is 367 g/mol. The molecule has 0 radical (unpaired) electrons. The Kier molecular flexibility index (Phi) is 3.94. The summed E-state index contributed by atoms with van der Waals surface area (Å²) in [5.41, 5.74) is 7.50. The molecule has 10 heteroatoms. The van der Waals surface area contributed by atoms with Gasteiger partial charge >= 0.3 is 0 Å². The molecule has 0 spiro atoms. The van der Waals surface area contributed by atoms with E-state index < -0.39 is 5.82 Å². The minimum atomic E-state index is -0.478. The van der Waals surface area contributed by atoms with Gasteiger partial charge in [0.2, 0.25) is 5.95 Å². The summed E-state index contributed by atoms with van der Waals surface area (Å²) in [5.74, 6) is 1.34. The number of anilines is 3. The van der Waals surface area contributed by atoms with Gasteiger partial charge in [0.05, 0.1) is 30.1 Å². The van der Waals surface area contributed by atoms with Gasteiger partial charge in [-0.15, -0.1) is 0 Å². The fourth-order valence-corrected chi connectivity index (χ4v) is 3.07. The van der Waals surface area contributed by atoms with Gasteiger partial charge in [0.1, 0.15) is 17.3 Å². The molecule has 0 saturated carbocycles. The molecule has 4 aromatic heterocycles. The number of hydrogen-bond acceptors (Lipinski definition) is 7. The van der Waals surface area contributed by atoms with Crippen LogP contribution in [0.5, 0.6) is 0 Å². The summed E-state index contributed by atoms with van der Waals surface area (Å²) in [6.45, 7) is 3.87. The van der Waals surface area contributed by atoms with Crippen LogP contribution in [0.15, 0.2) is 31.0 Å². The summed E-state index contributed by atoms with van der Waals surface area (Å²) in [7, 11) is 1.88. The molecule has 3 N–H and O–H groups in total. The van der Waals surface area contributed by atoms with Crippen LogP contribution in [0, 0.1) is 12.7 Å². The fourth-order valence-electron chi connectivity index (χ4n) is 3.07. The van der Waals surface area contributed by atoms with E-state index in [4.69, 9.17) is 5.73 Å². The van der Waals surface area contributed by atoms with E-state index in [1.807, 2.05) is 42.3 Å². The minimum Gasteiger partial charge on any atom is -0.368 e. The second kappa shape index (κ2) is 6.31. The lowest BCUT2D eigenvalue weighted by molar-refractivity contribution is 0.572. The third kappa shape index (κ3) is 3.05. The van der Waals surface area contributed by atoms with E-state index in [1.165, 1.54) is 0 Å². The molecule has 27 heavy (non-hydrogen) atoms. The van der Waals surface area contributed by atoms with Gasteiger partial charge in [0.25, 0.3) is 0 Å². The Morgan fingerprint density at radius 3 is 2.59 bits per heavy atom. The van der Waals surface area contributed by atoms with Gasteiger partial charge in [0, 0.05) is 18.9 Å². The van der Waals surface area contributed by atoms with Gasteiger partial charge in [-0.3, -0.25) is 0 Å². The molecule has 0 fully saturated rings. The van der Waals surface area contributed by atoms with Crippen LogP contribution in [0.1, 0.15) is 24.5 Å². The zero-order chi connectivity index (χ0) is 19.1. The number of aromatic nitrogens is 7. The molecule has 4 heterocycles. The first kappa shape index (κ1) is 16.9. The molecule has 1 atom stereocenters. The quantitative estimate of drug-likeness (QED) is 0.569. The molecule has 9 nitrogen and oxygen atoms in total. The molecule has 0 aliphatic rings. The molecule has 4 rings (SSSR count). The average Bonchev–Trinajstić information content (AvgIpc) is 3.17. The van der Waals surface area contributed by atoms with Crippen LogP contribution < -0.4 is 11.1 Å². The Balaban J connectivity index is 1.82. The highest BCUT2D eigenvalue weighted by Gasteiger charge is 2.20. The Morgan fingerprint density at radius 2 is 1.93 bits per heavy atom. The number of nitrogen functional groups attached to an aromatic ring is 1. The summed E-state index contributed by atoms with van der Waals surface area (Å²) in [6, 6.07) is 1.69. The maximum atomic E-state index is 13.2. The molecule has 0 unspecified atom stereocenters. The smallest absolute Gasteiger partial charge is 0.224 e. The maximum absolute atomic E-state index is 13.2. The number of fused-ring (bicyclic) bond motifs is 1. The van der Waals surface area contributed by atoms with Crippen molar-refractivity contribution in [1.29, 1.82) is 0 Å². The number of nitrogens with zero attached hydrogens (tertiary/aromatic N) is 7. The number of hydrogen-bond donors (Lipinski definition) is 2. The van der Waals surface area contributed by atoms with E-state index in [0.29, 0.717) is 23.1 Å². The molecule has 0 amide bonds. The van der Waals surface area contributed by atoms with Crippen molar-refractivity contribution >= 4 is 28.6 Å². The highest BCUT2D eigenvalue weighted by Crippen LogP contribution is 2.30. The van der Waals surface area contributed by atoms with Crippen LogP contribution in [0.3, 0.4) is 0 Å². The third-order valence-corrected chi connectivity index (χ3v) is 4.26. The number of nitrogens with two attached hydrogens (primary N) is 1. The van der Waals surface area contributed by atoms with E-state index in [0.717, 1.165) is 23.5 Å². The van der Waals surface area contributed by atoms with Crippen LogP contribution in [0.2, 0.25) is 0 Å². The monoisotopic (exact) mass is 367 g/mol. The van der Waals surface area contributed by atoms with Crippen LogP contribution in [0.4, 0.5) is 22.0 Å². The van der Waals surface area contributed by atoms with E-state index in [-0.39, 0.29) is 12.0 Å². The molecular formula is C17H18FN9. The minimum absolute atomic E-state index is 0.132. The highest BCUT2D eigenvalue weighted by molar-refractivity contribution is 5.91. The Bertz CT molecular complexity index is 1110. The van der Waals surface area contributed by atoms with Crippen molar-refractivity contribution in [3.8, 4) is 0 Å². The largest absolute Gasteiger partial charge is 0.368 e. The molecule has 0 saturated heterocycles. The summed E-state index contributed by atoms with van der Waals surface area (Å²) < 4.78 is 16.9. The lowest BCUT2D eigenvalue weighted by atomic mass is 10.3. The SMILES string of the molecule is Cc1cc2c(Nc3cn(C)cn3)nc(N)nc2n1[C@H](C)c1ncc(F)cn1. The van der Waals surface area contributed by atoms with Crippen molar-refractivity contribution in [3.63, 3.8) is 0 Å². The van der Waals surface area contributed by atoms with Crippen molar-refractivity contribution in [2.75, 3.05) is 11.1 Å². The lowest BCUT2D eigenvalue weighted by Crippen LogP contribution is -2.13. The number of halogens is 1. The Hall–Kier alpha value is -3.56. The number of aryl methyl sites for hydroxylation is 2. The van der Waals surface area contributed by atoms with E-state index in [2.05, 4.69) is 30.2 Å². The van der Waals surface area contributed by atoms with Crippen molar-refractivity contribution in [2.45, 2.75) is 19.9 Å². The molecule has 4 aromatic rings. The zero-order valence-corrected chi connectivity index (χ0v) is 15.0. The summed E-state index contributed by atoms with van der Waals surface area (Å²) in [6.07, 6.45) is 5.83. The highest BCUT2D eigenvalue weighted by atomic mass is 19.1. The van der Waals surface area contributed by atoms with E-state index >= 15 is 0 Å². The molecule has 0 aliphatic carbocycles. The standard InChI is InChI=1S/C17H18FN9/c1-9-4-12-15(23-13-7-26(3)8-22-13)24-17(19)25-16(12)27(9)10(2)14-20-5-11(18)6-21-14/h4-8,10H,1-3H3,(H3,19,23,24,25)/t10-/m1/s1. The predicted octanol–water partition coefficient (Wildman–Crippen LogP) is 2.34. The second-order valence-corrected chi connectivity index (χ2v) is 6.31. The van der Waals surface area contributed by atoms with E-state index in [9.17, 15) is 4.39 Å². The summed E-state index contributed by atoms with van der Waals surface area (Å²) >= 11 is 0.